The first-order valence-corrected chi connectivity index (χ1v) is 10.3. The molecule has 0 saturated carbocycles. The van der Waals surface area contributed by atoms with Crippen LogP contribution in [0.25, 0.3) is 0 Å². The van der Waals surface area contributed by atoms with Crippen LogP contribution in [0.5, 0.6) is 0 Å². The van der Waals surface area contributed by atoms with Crippen molar-refractivity contribution in [3.05, 3.63) is 65.7 Å². The summed E-state index contributed by atoms with van der Waals surface area (Å²) in [4.78, 5) is 23.4. The molecule has 0 aliphatic carbocycles. The summed E-state index contributed by atoms with van der Waals surface area (Å²) in [5.74, 6) is -1.48. The number of aromatic carboxylic acids is 1. The number of carboxylic acid groups (broad SMARTS) is 1. The number of methoxy groups -OCH3 is 1. The van der Waals surface area contributed by atoms with Gasteiger partial charge in [0.25, 0.3) is 0 Å². The minimum atomic E-state index is -0.920. The Morgan fingerprint density at radius 2 is 1.88 bits per heavy atom. The molecule has 0 radical (unpaired) electrons. The molecule has 2 unspecified atom stereocenters. The molecule has 1 heterocycles. The van der Waals surface area contributed by atoms with Gasteiger partial charge in [-0.05, 0) is 0 Å². The van der Waals surface area contributed by atoms with Crippen molar-refractivity contribution in [2.75, 3.05) is 13.7 Å². The molecule has 26 heavy (non-hydrogen) atoms. The summed E-state index contributed by atoms with van der Waals surface area (Å²) in [6.45, 7) is 0.318. The van der Waals surface area contributed by atoms with E-state index in [1.165, 1.54) is 7.11 Å². The molecule has 6 heteroatoms. The Hall–Kier alpha value is -2.14. The fraction of sp³-hybridized carbons (Fsp3) is 0.300. The summed E-state index contributed by atoms with van der Waals surface area (Å²) < 4.78 is 11.9. The first-order valence-electron chi connectivity index (χ1n) is 8.28. The average Bonchev–Trinajstić information content (AvgIpc) is 3.12. The second-order valence-corrected chi connectivity index (χ2v) is 8.32. The Labute approximate surface area is 158 Å². The molecular formula is C20H20O5Se. The van der Waals surface area contributed by atoms with Gasteiger partial charge in [-0.3, -0.25) is 0 Å². The minimum absolute atomic E-state index is 0.115. The van der Waals surface area contributed by atoms with Crippen LogP contribution in [-0.4, -0.2) is 45.7 Å². The van der Waals surface area contributed by atoms with Crippen LogP contribution in [0, 0.1) is 5.92 Å². The van der Waals surface area contributed by atoms with Crippen molar-refractivity contribution < 1.29 is 24.2 Å². The number of carbonyl (C=O) groups is 2. The number of carboxylic acids is 1. The fourth-order valence-corrected chi connectivity index (χ4v) is 5.79. The molecule has 136 valence electrons. The summed E-state index contributed by atoms with van der Waals surface area (Å²) in [6, 6.07) is 16.9. The molecule has 0 aromatic heterocycles. The molecule has 0 bridgehead atoms. The van der Waals surface area contributed by atoms with Gasteiger partial charge in [0.15, 0.2) is 0 Å². The van der Waals surface area contributed by atoms with Crippen molar-refractivity contribution in [2.45, 2.75) is 17.3 Å². The van der Waals surface area contributed by atoms with E-state index >= 15 is 0 Å². The van der Waals surface area contributed by atoms with Crippen molar-refractivity contribution in [3.8, 4) is 0 Å². The Morgan fingerprint density at radius 3 is 2.58 bits per heavy atom. The van der Waals surface area contributed by atoms with Gasteiger partial charge in [0.2, 0.25) is 0 Å². The fourth-order valence-electron chi connectivity index (χ4n) is 3.18. The summed E-state index contributed by atoms with van der Waals surface area (Å²) in [5.41, 5.74) is 0.755. The standard InChI is InChI=1S/C20H20O5Se/c1-24-19(23)14-11-20(25-12-14,15-7-3-2-4-8-15)13-26-17-10-6-5-9-16(17)18(21)22/h2-10,14H,11-13H2,1H3,(H,21,22). The predicted molar refractivity (Wildman–Crippen MR) is 97.8 cm³/mol. The van der Waals surface area contributed by atoms with Crippen molar-refractivity contribution in [2.24, 2.45) is 5.92 Å². The Bertz CT molecular complexity index is 792. The second-order valence-electron chi connectivity index (χ2n) is 6.19. The van der Waals surface area contributed by atoms with Crippen molar-refractivity contribution in [1.82, 2.24) is 0 Å². The summed E-state index contributed by atoms with van der Waals surface area (Å²) >= 11 is -0.115. The normalized spacial score (nSPS) is 22.1. The van der Waals surface area contributed by atoms with E-state index in [1.807, 2.05) is 42.5 Å². The van der Waals surface area contributed by atoms with Crippen LogP contribution < -0.4 is 4.46 Å². The van der Waals surface area contributed by atoms with Gasteiger partial charge in [-0.25, -0.2) is 0 Å². The molecule has 2 aromatic rings. The molecule has 1 fully saturated rings. The van der Waals surface area contributed by atoms with Crippen molar-refractivity contribution in [3.63, 3.8) is 0 Å². The topological polar surface area (TPSA) is 72.8 Å². The van der Waals surface area contributed by atoms with Gasteiger partial charge in [0.05, 0.1) is 0 Å². The molecule has 5 nitrogen and oxygen atoms in total. The van der Waals surface area contributed by atoms with E-state index in [0.29, 0.717) is 23.9 Å². The van der Waals surface area contributed by atoms with Crippen LogP contribution in [-0.2, 0) is 19.9 Å². The van der Waals surface area contributed by atoms with E-state index in [-0.39, 0.29) is 26.8 Å². The van der Waals surface area contributed by atoms with Gasteiger partial charge in [0, 0.05) is 0 Å². The third kappa shape index (κ3) is 3.83. The molecular weight excluding hydrogens is 399 g/mol. The van der Waals surface area contributed by atoms with Crippen molar-refractivity contribution >= 4 is 31.4 Å². The van der Waals surface area contributed by atoms with Crippen LogP contribution in [0.3, 0.4) is 0 Å². The molecule has 1 aliphatic heterocycles. The zero-order valence-electron chi connectivity index (χ0n) is 14.4. The van der Waals surface area contributed by atoms with Gasteiger partial charge in [0.1, 0.15) is 0 Å². The Kier molecular flexibility index (Phi) is 5.77. The Balaban J connectivity index is 1.87. The predicted octanol–water partition coefficient (Wildman–Crippen LogP) is 2.24. The maximum absolute atomic E-state index is 12.0. The zero-order chi connectivity index (χ0) is 18.6. The molecule has 0 amide bonds. The molecule has 1 saturated heterocycles. The number of rotatable bonds is 6. The third-order valence-electron chi connectivity index (χ3n) is 4.55. The Morgan fingerprint density at radius 1 is 1.19 bits per heavy atom. The quantitative estimate of drug-likeness (QED) is 0.575. The summed E-state index contributed by atoms with van der Waals surface area (Å²) in [7, 11) is 1.39. The van der Waals surface area contributed by atoms with E-state index in [4.69, 9.17) is 9.47 Å². The number of esters is 1. The molecule has 2 atom stereocenters. The molecule has 2 aromatic carbocycles. The van der Waals surface area contributed by atoms with Gasteiger partial charge in [-0.2, -0.15) is 0 Å². The zero-order valence-corrected chi connectivity index (χ0v) is 16.1. The summed E-state index contributed by atoms with van der Waals surface area (Å²) in [6.07, 6.45) is 0.542. The van der Waals surface area contributed by atoms with E-state index in [2.05, 4.69) is 0 Å². The number of ether oxygens (including phenoxy) is 2. The van der Waals surface area contributed by atoms with Crippen LogP contribution in [0.1, 0.15) is 22.3 Å². The maximum atomic E-state index is 12.0. The van der Waals surface area contributed by atoms with E-state index in [1.54, 1.807) is 12.1 Å². The SMILES string of the molecule is COC(=O)C1COC(C[Se]c2ccccc2C(=O)O)(c2ccccc2)C1. The summed E-state index contributed by atoms with van der Waals surface area (Å²) in [5, 5.41) is 10.1. The van der Waals surface area contributed by atoms with Gasteiger partial charge in [-0.15, -0.1) is 0 Å². The average molecular weight is 419 g/mol. The molecule has 1 aliphatic rings. The van der Waals surface area contributed by atoms with Gasteiger partial charge >= 0.3 is 158 Å². The number of hydrogen-bond acceptors (Lipinski definition) is 4. The van der Waals surface area contributed by atoms with Crippen molar-refractivity contribution in [1.29, 1.82) is 0 Å². The number of benzene rings is 2. The second kappa shape index (κ2) is 8.04. The third-order valence-corrected chi connectivity index (χ3v) is 7.23. The van der Waals surface area contributed by atoms with Crippen LogP contribution >= 0.6 is 0 Å². The first-order chi connectivity index (χ1) is 12.6. The molecule has 3 rings (SSSR count). The van der Waals surface area contributed by atoms with E-state index < -0.39 is 11.6 Å². The number of hydrogen-bond donors (Lipinski definition) is 1. The van der Waals surface area contributed by atoms with E-state index in [0.717, 1.165) is 10.0 Å². The van der Waals surface area contributed by atoms with Crippen LogP contribution in [0.15, 0.2) is 54.6 Å². The van der Waals surface area contributed by atoms with E-state index in [9.17, 15) is 14.7 Å². The first kappa shape index (κ1) is 18.6. The van der Waals surface area contributed by atoms with Gasteiger partial charge in [-0.1, -0.05) is 0 Å². The molecule has 1 N–H and O–H groups in total. The molecule has 0 spiro atoms. The van der Waals surface area contributed by atoms with Gasteiger partial charge < -0.3 is 0 Å². The van der Waals surface area contributed by atoms with Crippen LogP contribution in [0.2, 0.25) is 5.32 Å². The van der Waals surface area contributed by atoms with Crippen LogP contribution in [0.4, 0.5) is 0 Å². The number of carbonyl (C=O) groups excluding carboxylic acids is 1. The monoisotopic (exact) mass is 420 g/mol.